The van der Waals surface area contributed by atoms with E-state index in [-0.39, 0.29) is 5.92 Å². The summed E-state index contributed by atoms with van der Waals surface area (Å²) in [5, 5.41) is 5.00. The minimum atomic E-state index is 0.239. The first-order chi connectivity index (χ1) is 32.7. The van der Waals surface area contributed by atoms with E-state index in [1.807, 2.05) is 0 Å². The van der Waals surface area contributed by atoms with Crippen LogP contribution in [-0.4, -0.2) is 0 Å². The normalized spacial score (nSPS) is 13.2. The lowest BCUT2D eigenvalue weighted by molar-refractivity contribution is 0.727. The van der Waals surface area contributed by atoms with E-state index in [1.165, 1.54) is 93.9 Å². The van der Waals surface area contributed by atoms with Gasteiger partial charge in [0.15, 0.2) is 0 Å². The Labute approximate surface area is 387 Å². The largest absolute Gasteiger partial charge is 0.310 e. The summed E-state index contributed by atoms with van der Waals surface area (Å²) in [5.41, 5.74) is 20.0. The van der Waals surface area contributed by atoms with Gasteiger partial charge in [0.25, 0.3) is 0 Å². The molecule has 11 aromatic rings. The minimum absolute atomic E-state index is 0.239. The molecule has 0 fully saturated rings. The van der Waals surface area contributed by atoms with Crippen LogP contribution < -0.4 is 4.90 Å². The van der Waals surface area contributed by atoms with Crippen LogP contribution in [0, 0.1) is 0 Å². The quantitative estimate of drug-likeness (QED) is 0.147. The summed E-state index contributed by atoms with van der Waals surface area (Å²) < 4.78 is 0. The molecule has 0 bridgehead atoms. The standard InChI is InChI=1S/C65H47N/c1-2-20-53(21-3-1)66(54-38-35-47(36-39-54)46-29-32-50(33-30-46)57-28-14-19-48-16-6-8-22-56(48)57)55-40-42-64(65(44-55)52-34-31-45-15-4-5-18-51(45)43-52)62-27-13-12-26-61(62)63-41-37-49-17-7-9-23-58(49)59-24-10-11-25-60(59)63/h1-36,38-40,42-44,63H,37,41H2. The topological polar surface area (TPSA) is 3.24 Å². The summed E-state index contributed by atoms with van der Waals surface area (Å²) in [6.07, 6.45) is 2.07. The maximum Gasteiger partial charge on any atom is 0.0468 e. The van der Waals surface area contributed by atoms with Crippen LogP contribution >= 0.6 is 0 Å². The number of benzene rings is 11. The average Bonchev–Trinajstić information content (AvgIpc) is 3.56. The first-order valence-corrected chi connectivity index (χ1v) is 23.2. The molecule has 0 spiro atoms. The van der Waals surface area contributed by atoms with Crippen molar-refractivity contribution in [2.24, 2.45) is 0 Å². The van der Waals surface area contributed by atoms with Crippen molar-refractivity contribution in [2.45, 2.75) is 18.8 Å². The molecule has 12 rings (SSSR count). The molecule has 66 heavy (non-hydrogen) atoms. The van der Waals surface area contributed by atoms with Crippen molar-refractivity contribution in [3.63, 3.8) is 0 Å². The van der Waals surface area contributed by atoms with Gasteiger partial charge in [0.1, 0.15) is 0 Å². The highest BCUT2D eigenvalue weighted by Gasteiger charge is 2.27. The van der Waals surface area contributed by atoms with E-state index in [4.69, 9.17) is 0 Å². The average molecular weight is 842 g/mol. The molecule has 312 valence electrons. The Hall–Kier alpha value is -8.26. The number of fused-ring (bicyclic) bond motifs is 5. The van der Waals surface area contributed by atoms with Gasteiger partial charge in [-0.2, -0.15) is 0 Å². The highest BCUT2D eigenvalue weighted by Crippen LogP contribution is 2.47. The zero-order valence-electron chi connectivity index (χ0n) is 36.7. The maximum absolute atomic E-state index is 2.42. The van der Waals surface area contributed by atoms with E-state index in [0.29, 0.717) is 0 Å². The Morgan fingerprint density at radius 2 is 0.818 bits per heavy atom. The van der Waals surface area contributed by atoms with Gasteiger partial charge in [-0.1, -0.05) is 212 Å². The van der Waals surface area contributed by atoms with Crippen LogP contribution in [0.1, 0.15) is 29.0 Å². The molecule has 1 aliphatic rings. The van der Waals surface area contributed by atoms with Gasteiger partial charge in [0.05, 0.1) is 0 Å². The van der Waals surface area contributed by atoms with E-state index >= 15 is 0 Å². The number of nitrogens with zero attached hydrogens (tertiary/aromatic N) is 1. The molecule has 0 aromatic heterocycles. The SMILES string of the molecule is c1ccc(N(c2ccc(-c3ccc(-c4cccc5ccccc45)cc3)cc2)c2ccc(-c3ccccc3C3CCc4ccccc4-c4ccccc43)c(-c3ccc4ccccc4c3)c2)cc1. The molecule has 0 saturated heterocycles. The van der Waals surface area contributed by atoms with E-state index in [9.17, 15) is 0 Å². The summed E-state index contributed by atoms with van der Waals surface area (Å²) in [7, 11) is 0. The smallest absolute Gasteiger partial charge is 0.0468 e. The zero-order chi connectivity index (χ0) is 43.8. The lowest BCUT2D eigenvalue weighted by atomic mass is 9.80. The number of hydrogen-bond donors (Lipinski definition) is 0. The maximum atomic E-state index is 2.42. The second kappa shape index (κ2) is 17.0. The predicted molar refractivity (Wildman–Crippen MR) is 280 cm³/mol. The molecule has 11 aromatic carbocycles. The summed E-state index contributed by atoms with van der Waals surface area (Å²) in [4.78, 5) is 2.40. The lowest BCUT2D eigenvalue weighted by Crippen LogP contribution is -2.10. The van der Waals surface area contributed by atoms with Gasteiger partial charge in [-0.3, -0.25) is 0 Å². The minimum Gasteiger partial charge on any atom is -0.310 e. The summed E-state index contributed by atoms with van der Waals surface area (Å²) in [6, 6.07) is 94.0. The first-order valence-electron chi connectivity index (χ1n) is 23.2. The molecule has 1 heteroatoms. The van der Waals surface area contributed by atoms with E-state index in [1.54, 1.807) is 0 Å². The second-order valence-electron chi connectivity index (χ2n) is 17.5. The molecule has 1 unspecified atom stereocenters. The molecule has 1 nitrogen and oxygen atoms in total. The van der Waals surface area contributed by atoms with Crippen LogP contribution in [0.5, 0.6) is 0 Å². The van der Waals surface area contributed by atoms with Crippen molar-refractivity contribution in [3.05, 3.63) is 271 Å². The van der Waals surface area contributed by atoms with Crippen LogP contribution in [0.4, 0.5) is 17.1 Å². The third kappa shape index (κ3) is 7.25. The fourth-order valence-electron chi connectivity index (χ4n) is 10.5. The molecule has 0 amide bonds. The summed E-state index contributed by atoms with van der Waals surface area (Å²) >= 11 is 0. The summed E-state index contributed by atoms with van der Waals surface area (Å²) in [6.45, 7) is 0. The Balaban J connectivity index is 0.964. The molecule has 0 N–H and O–H groups in total. The predicted octanol–water partition coefficient (Wildman–Crippen LogP) is 17.9. The monoisotopic (exact) mass is 841 g/mol. The van der Waals surface area contributed by atoms with Crippen molar-refractivity contribution < 1.29 is 0 Å². The van der Waals surface area contributed by atoms with E-state index < -0.39 is 0 Å². The molecule has 0 heterocycles. The van der Waals surface area contributed by atoms with Gasteiger partial charge in [-0.15, -0.1) is 0 Å². The fraction of sp³-hybridized carbons (Fsp3) is 0.0462. The molecule has 1 atom stereocenters. The van der Waals surface area contributed by atoms with Crippen molar-refractivity contribution >= 4 is 38.6 Å². The van der Waals surface area contributed by atoms with Gasteiger partial charge in [0, 0.05) is 23.0 Å². The number of aryl methyl sites for hydroxylation is 1. The Morgan fingerprint density at radius 1 is 0.288 bits per heavy atom. The van der Waals surface area contributed by atoms with E-state index in [2.05, 4.69) is 260 Å². The second-order valence-corrected chi connectivity index (χ2v) is 17.5. The number of hydrogen-bond acceptors (Lipinski definition) is 1. The number of anilines is 3. The Morgan fingerprint density at radius 3 is 1.59 bits per heavy atom. The van der Waals surface area contributed by atoms with Crippen molar-refractivity contribution in [1.82, 2.24) is 0 Å². The molecule has 0 aliphatic heterocycles. The molecular weight excluding hydrogens is 795 g/mol. The highest BCUT2D eigenvalue weighted by atomic mass is 15.1. The molecule has 0 radical (unpaired) electrons. The zero-order valence-corrected chi connectivity index (χ0v) is 36.7. The van der Waals surface area contributed by atoms with Crippen LogP contribution in [0.15, 0.2) is 255 Å². The highest BCUT2D eigenvalue weighted by molar-refractivity contribution is 5.97. The Kier molecular flexibility index (Phi) is 10.2. The van der Waals surface area contributed by atoms with Gasteiger partial charge >= 0.3 is 0 Å². The molecular formula is C65H47N. The van der Waals surface area contributed by atoms with Crippen LogP contribution in [-0.2, 0) is 6.42 Å². The van der Waals surface area contributed by atoms with Gasteiger partial charge in [-0.25, -0.2) is 0 Å². The lowest BCUT2D eigenvalue weighted by Gasteiger charge is -2.28. The van der Waals surface area contributed by atoms with E-state index in [0.717, 1.165) is 29.9 Å². The van der Waals surface area contributed by atoms with Crippen LogP contribution in [0.25, 0.3) is 77.2 Å². The van der Waals surface area contributed by atoms with Crippen LogP contribution in [0.3, 0.4) is 0 Å². The van der Waals surface area contributed by atoms with Crippen LogP contribution in [0.2, 0.25) is 0 Å². The van der Waals surface area contributed by atoms with Crippen molar-refractivity contribution in [2.75, 3.05) is 4.90 Å². The first kappa shape index (κ1) is 39.3. The van der Waals surface area contributed by atoms with Gasteiger partial charge in [0.2, 0.25) is 0 Å². The summed E-state index contributed by atoms with van der Waals surface area (Å²) in [5.74, 6) is 0.239. The molecule has 0 saturated carbocycles. The third-order valence-electron chi connectivity index (χ3n) is 13.8. The van der Waals surface area contributed by atoms with Crippen molar-refractivity contribution in [1.29, 1.82) is 0 Å². The van der Waals surface area contributed by atoms with Crippen molar-refractivity contribution in [3.8, 4) is 55.6 Å². The van der Waals surface area contributed by atoms with Gasteiger partial charge in [-0.05, 0) is 149 Å². The third-order valence-corrected chi connectivity index (χ3v) is 13.8. The van der Waals surface area contributed by atoms with Gasteiger partial charge < -0.3 is 4.90 Å². The molecule has 1 aliphatic carbocycles. The Bertz CT molecular complexity index is 3520. The number of rotatable bonds is 8. The number of para-hydroxylation sites is 1. The fourth-order valence-corrected chi connectivity index (χ4v) is 10.5.